The first-order valence-electron chi connectivity index (χ1n) is 11.0. The van der Waals surface area contributed by atoms with Crippen LogP contribution in [0.1, 0.15) is 51.0 Å². The maximum Gasteiger partial charge on any atom is 0.516 e. The Morgan fingerprint density at radius 2 is 1.91 bits per heavy atom. The summed E-state index contributed by atoms with van der Waals surface area (Å²) < 4.78 is 69.0. The Bertz CT molecular complexity index is 1030. The third kappa shape index (κ3) is 5.54. The van der Waals surface area contributed by atoms with E-state index in [2.05, 4.69) is 6.58 Å². The van der Waals surface area contributed by atoms with Crippen LogP contribution in [0.5, 0.6) is 0 Å². The largest absolute Gasteiger partial charge is 0.516 e. The number of para-hydroxylation sites is 1. The Kier molecular flexibility index (Phi) is 7.45. The summed E-state index contributed by atoms with van der Waals surface area (Å²) in [6, 6.07) is 5.78. The number of nitrogens with one attached hydrogen (secondary N) is 1. The van der Waals surface area contributed by atoms with Gasteiger partial charge in [-0.25, -0.2) is 0 Å². The topological polar surface area (TPSA) is 75.7 Å². The van der Waals surface area contributed by atoms with Crippen molar-refractivity contribution in [3.63, 3.8) is 0 Å². The first-order chi connectivity index (χ1) is 15.5. The minimum Gasteiger partial charge on any atom is -0.494 e. The van der Waals surface area contributed by atoms with E-state index >= 15 is 0 Å². The molecule has 0 radical (unpaired) electrons. The van der Waals surface area contributed by atoms with Crippen molar-refractivity contribution >= 4 is 21.6 Å². The zero-order valence-corrected chi connectivity index (χ0v) is 19.4. The lowest BCUT2D eigenvalue weighted by atomic mass is 9.72. The number of rotatable bonds is 8. The molecular formula is C23H29F3N2O4S. The van der Waals surface area contributed by atoms with Gasteiger partial charge in [0.1, 0.15) is 5.76 Å². The molecule has 182 valence electrons. The van der Waals surface area contributed by atoms with E-state index in [-0.39, 0.29) is 29.1 Å². The number of hydrogen-bond acceptors (Lipinski definition) is 4. The first-order valence-corrected chi connectivity index (χ1v) is 12.5. The highest BCUT2D eigenvalue weighted by Crippen LogP contribution is 2.50. The van der Waals surface area contributed by atoms with Crippen LogP contribution in [0.2, 0.25) is 0 Å². The van der Waals surface area contributed by atoms with E-state index in [1.807, 2.05) is 6.92 Å². The number of anilines is 1. The van der Waals surface area contributed by atoms with Crippen LogP contribution in [0.15, 0.2) is 48.3 Å². The van der Waals surface area contributed by atoms with Crippen molar-refractivity contribution in [2.24, 2.45) is 5.41 Å². The monoisotopic (exact) mass is 486 g/mol. The summed E-state index contributed by atoms with van der Waals surface area (Å²) in [7, 11) is -5.57. The van der Waals surface area contributed by atoms with E-state index in [0.29, 0.717) is 24.5 Å². The lowest BCUT2D eigenvalue weighted by Crippen LogP contribution is -2.45. The van der Waals surface area contributed by atoms with Crippen molar-refractivity contribution in [2.45, 2.75) is 57.5 Å². The Hall–Kier alpha value is -2.49. The second kappa shape index (κ2) is 9.79. The molecule has 33 heavy (non-hydrogen) atoms. The molecule has 10 heteroatoms. The van der Waals surface area contributed by atoms with Crippen LogP contribution in [0, 0.1) is 5.41 Å². The zero-order valence-electron chi connectivity index (χ0n) is 18.6. The van der Waals surface area contributed by atoms with Gasteiger partial charge in [-0.1, -0.05) is 44.5 Å². The van der Waals surface area contributed by atoms with Gasteiger partial charge in [-0.2, -0.15) is 21.6 Å². The lowest BCUT2D eigenvalue weighted by Gasteiger charge is -2.41. The molecule has 1 spiro atoms. The highest BCUT2D eigenvalue weighted by Gasteiger charge is 2.47. The number of carbonyl (C=O) groups is 1. The van der Waals surface area contributed by atoms with E-state index in [9.17, 15) is 26.4 Å². The van der Waals surface area contributed by atoms with Gasteiger partial charge in [-0.15, -0.1) is 0 Å². The Morgan fingerprint density at radius 1 is 1.24 bits per heavy atom. The molecule has 6 nitrogen and oxygen atoms in total. The van der Waals surface area contributed by atoms with Crippen molar-refractivity contribution in [1.82, 2.24) is 4.90 Å². The summed E-state index contributed by atoms with van der Waals surface area (Å²) >= 11 is 0. The number of alkyl halides is 3. The molecule has 2 fully saturated rings. The second-order valence-electron chi connectivity index (χ2n) is 8.55. The van der Waals surface area contributed by atoms with Gasteiger partial charge in [0.05, 0.1) is 12.3 Å². The number of carbonyl (C=O) groups excluding carboxylic acids is 1. The van der Waals surface area contributed by atoms with Crippen LogP contribution in [0.4, 0.5) is 18.9 Å². The molecule has 1 aromatic carbocycles. The molecule has 0 unspecified atom stereocenters. The number of halogens is 3. The third-order valence-electron chi connectivity index (χ3n) is 6.23. The number of piperidine rings is 1. The van der Waals surface area contributed by atoms with Crippen LogP contribution in [-0.2, 0) is 26.1 Å². The van der Waals surface area contributed by atoms with Gasteiger partial charge in [-0.05, 0) is 43.4 Å². The SMILES string of the molecule is C=C(/C=C1/C(=O)N(Cc2ccccc2NS(=O)(=O)C(F)(F)F)CCC12CCCC2)OCCC. The molecular weight excluding hydrogens is 457 g/mol. The average Bonchev–Trinajstić information content (AvgIpc) is 3.21. The highest BCUT2D eigenvalue weighted by atomic mass is 32.2. The number of likely N-dealkylation sites (tertiary alicyclic amines) is 1. The summed E-state index contributed by atoms with van der Waals surface area (Å²) in [5.74, 6) is 0.185. The van der Waals surface area contributed by atoms with Crippen molar-refractivity contribution in [1.29, 1.82) is 0 Å². The molecule has 1 amide bonds. The summed E-state index contributed by atoms with van der Waals surface area (Å²) in [5, 5.41) is 0. The van der Waals surface area contributed by atoms with Gasteiger partial charge in [-0.3, -0.25) is 9.52 Å². The molecule has 1 saturated heterocycles. The molecule has 1 aliphatic heterocycles. The smallest absolute Gasteiger partial charge is 0.494 e. The second-order valence-corrected chi connectivity index (χ2v) is 10.2. The fourth-order valence-corrected chi connectivity index (χ4v) is 5.13. The van der Waals surface area contributed by atoms with Crippen LogP contribution in [0.3, 0.4) is 0 Å². The molecule has 1 aromatic rings. The van der Waals surface area contributed by atoms with Crippen molar-refractivity contribution in [3.05, 3.63) is 53.8 Å². The molecule has 2 aliphatic rings. The number of ether oxygens (including phenoxy) is 1. The van der Waals surface area contributed by atoms with Gasteiger partial charge in [0.2, 0.25) is 0 Å². The fourth-order valence-electron chi connectivity index (χ4n) is 4.52. The number of benzene rings is 1. The van der Waals surface area contributed by atoms with Crippen LogP contribution >= 0.6 is 0 Å². The van der Waals surface area contributed by atoms with Gasteiger partial charge < -0.3 is 9.64 Å². The normalized spacial score (nSPS) is 19.8. The fraction of sp³-hybridized carbons (Fsp3) is 0.522. The van der Waals surface area contributed by atoms with E-state index in [1.54, 1.807) is 21.8 Å². The predicted octanol–water partition coefficient (Wildman–Crippen LogP) is 5.11. The summed E-state index contributed by atoms with van der Waals surface area (Å²) in [5.41, 5.74) is -5.00. The number of sulfonamides is 1. The van der Waals surface area contributed by atoms with E-state index in [1.165, 1.54) is 18.2 Å². The van der Waals surface area contributed by atoms with Crippen molar-refractivity contribution < 1.29 is 31.1 Å². The van der Waals surface area contributed by atoms with Gasteiger partial charge >= 0.3 is 15.5 Å². The van der Waals surface area contributed by atoms with E-state index < -0.39 is 15.5 Å². The maximum atomic E-state index is 13.5. The molecule has 1 aliphatic carbocycles. The highest BCUT2D eigenvalue weighted by molar-refractivity contribution is 7.93. The molecule has 0 atom stereocenters. The van der Waals surface area contributed by atoms with Crippen molar-refractivity contribution in [3.8, 4) is 0 Å². The third-order valence-corrected chi connectivity index (χ3v) is 7.33. The lowest BCUT2D eigenvalue weighted by molar-refractivity contribution is -0.131. The molecule has 1 heterocycles. The number of allylic oxidation sites excluding steroid dienone is 1. The van der Waals surface area contributed by atoms with Crippen LogP contribution < -0.4 is 4.72 Å². The summed E-state index contributed by atoms with van der Waals surface area (Å²) in [6.45, 7) is 6.77. The zero-order chi connectivity index (χ0) is 24.3. The first kappa shape index (κ1) is 25.1. The van der Waals surface area contributed by atoms with Gasteiger partial charge in [0.25, 0.3) is 5.91 Å². The molecule has 0 aromatic heterocycles. The number of hydrogen-bond donors (Lipinski definition) is 1. The maximum absolute atomic E-state index is 13.5. The molecule has 1 N–H and O–H groups in total. The molecule has 3 rings (SSSR count). The van der Waals surface area contributed by atoms with Crippen LogP contribution in [-0.4, -0.2) is 37.9 Å². The number of nitrogens with zero attached hydrogens (tertiary/aromatic N) is 1. The standard InChI is InChI=1S/C23H29F3N2O4S/c1-3-14-32-17(2)15-19-21(29)28(13-12-22(19)10-6-7-11-22)16-18-8-4-5-9-20(18)27-33(30,31)23(24,25)26/h4-5,8-9,15,27H,2-3,6-7,10-14,16H2,1H3/b19-15-. The minimum absolute atomic E-state index is 0.0227. The molecule has 1 saturated carbocycles. The quantitative estimate of drug-likeness (QED) is 0.409. The van der Waals surface area contributed by atoms with Crippen molar-refractivity contribution in [2.75, 3.05) is 17.9 Å². The van der Waals surface area contributed by atoms with Crippen LogP contribution in [0.25, 0.3) is 0 Å². The number of amides is 1. The van der Waals surface area contributed by atoms with Gasteiger partial charge in [0, 0.05) is 24.1 Å². The predicted molar refractivity (Wildman–Crippen MR) is 119 cm³/mol. The average molecular weight is 487 g/mol. The minimum atomic E-state index is -5.57. The summed E-state index contributed by atoms with van der Waals surface area (Å²) in [6.07, 6.45) is 7.06. The Balaban J connectivity index is 1.86. The summed E-state index contributed by atoms with van der Waals surface area (Å²) in [4.78, 5) is 15.0. The molecule has 0 bridgehead atoms. The van der Waals surface area contributed by atoms with Gasteiger partial charge in [0.15, 0.2) is 0 Å². The van der Waals surface area contributed by atoms with E-state index in [0.717, 1.165) is 38.5 Å². The van der Waals surface area contributed by atoms with E-state index in [4.69, 9.17) is 4.74 Å². The Morgan fingerprint density at radius 3 is 2.55 bits per heavy atom. The Labute approximate surface area is 192 Å².